The van der Waals surface area contributed by atoms with Gasteiger partial charge in [0.15, 0.2) is 0 Å². The third-order valence-electron chi connectivity index (χ3n) is 1.50. The molecule has 5 heteroatoms. The molecule has 0 atom stereocenters. The lowest BCUT2D eigenvalue weighted by Gasteiger charge is -2.02. The quantitative estimate of drug-likeness (QED) is 0.620. The van der Waals surface area contributed by atoms with Crippen molar-refractivity contribution in [3.8, 4) is 0 Å². The molecule has 0 saturated carbocycles. The average Bonchev–Trinajstić information content (AvgIpc) is 2.01. The summed E-state index contributed by atoms with van der Waals surface area (Å²) in [6, 6.07) is 0. The maximum absolute atomic E-state index is 10.7. The second kappa shape index (κ2) is 7.64. The lowest BCUT2D eigenvalue weighted by atomic mass is 10.5. The summed E-state index contributed by atoms with van der Waals surface area (Å²) in [6.45, 7) is 3.64. The van der Waals surface area contributed by atoms with Crippen molar-refractivity contribution in [2.24, 2.45) is 0 Å². The largest absolute Gasteiger partial charge is 0.316 e. The van der Waals surface area contributed by atoms with Gasteiger partial charge in [-0.3, -0.25) is 0 Å². The lowest BCUT2D eigenvalue weighted by molar-refractivity contribution is 0.596. The highest BCUT2D eigenvalue weighted by Crippen LogP contribution is 1.99. The normalized spacial score (nSPS) is 11.8. The Morgan fingerprint density at radius 1 is 1.31 bits per heavy atom. The van der Waals surface area contributed by atoms with Gasteiger partial charge < -0.3 is 5.32 Å². The fourth-order valence-electron chi connectivity index (χ4n) is 0.826. The van der Waals surface area contributed by atoms with Crippen LogP contribution in [-0.2, 0) is 9.84 Å². The topological polar surface area (TPSA) is 46.2 Å². The first-order valence-electron chi connectivity index (χ1n) is 4.52. The Morgan fingerprint density at radius 2 is 2.00 bits per heavy atom. The van der Waals surface area contributed by atoms with E-state index in [1.54, 1.807) is 0 Å². The second-order valence-corrected chi connectivity index (χ2v) is 6.58. The molecule has 0 aromatic carbocycles. The van der Waals surface area contributed by atoms with E-state index in [1.165, 1.54) is 6.26 Å². The molecule has 1 N–H and O–H groups in total. The van der Waals surface area contributed by atoms with Gasteiger partial charge in [0.1, 0.15) is 9.84 Å². The molecule has 0 heterocycles. The van der Waals surface area contributed by atoms with Crippen molar-refractivity contribution in [2.75, 3.05) is 36.6 Å². The van der Waals surface area contributed by atoms with Gasteiger partial charge in [-0.1, -0.05) is 6.92 Å². The highest BCUT2D eigenvalue weighted by atomic mass is 32.2. The summed E-state index contributed by atoms with van der Waals surface area (Å²) in [6.07, 6.45) is 2.38. The highest BCUT2D eigenvalue weighted by molar-refractivity contribution is 7.99. The van der Waals surface area contributed by atoms with Crippen LogP contribution in [0.25, 0.3) is 0 Å². The standard InChI is InChI=1S/C8H19NO2S2/c1-3-12-7-4-5-9-6-8-13(2,10)11/h9H,3-8H2,1-2H3. The van der Waals surface area contributed by atoms with Crippen LogP contribution in [0.15, 0.2) is 0 Å². The fourth-order valence-corrected chi connectivity index (χ4v) is 1.98. The molecule has 0 spiro atoms. The van der Waals surface area contributed by atoms with E-state index in [1.807, 2.05) is 11.8 Å². The van der Waals surface area contributed by atoms with Crippen molar-refractivity contribution in [2.45, 2.75) is 13.3 Å². The number of sulfone groups is 1. The van der Waals surface area contributed by atoms with Crippen LogP contribution >= 0.6 is 11.8 Å². The molecular weight excluding hydrogens is 206 g/mol. The van der Waals surface area contributed by atoms with Crippen LogP contribution in [0.5, 0.6) is 0 Å². The Labute approximate surface area is 85.6 Å². The van der Waals surface area contributed by atoms with Crippen LogP contribution in [0, 0.1) is 0 Å². The number of thioether (sulfide) groups is 1. The zero-order valence-corrected chi connectivity index (χ0v) is 10.0. The number of nitrogens with one attached hydrogen (secondary N) is 1. The summed E-state index contributed by atoms with van der Waals surface area (Å²) in [4.78, 5) is 0. The Bertz CT molecular complexity index is 202. The Balaban J connectivity index is 3.09. The molecule has 0 unspecified atom stereocenters. The molecule has 0 aromatic rings. The average molecular weight is 225 g/mol. The van der Waals surface area contributed by atoms with E-state index in [0.717, 1.165) is 24.5 Å². The molecule has 13 heavy (non-hydrogen) atoms. The van der Waals surface area contributed by atoms with Crippen LogP contribution in [0.2, 0.25) is 0 Å². The molecule has 3 nitrogen and oxygen atoms in total. The Hall–Kier alpha value is 0.260. The first kappa shape index (κ1) is 13.3. The maximum Gasteiger partial charge on any atom is 0.148 e. The predicted molar refractivity (Wildman–Crippen MR) is 60.2 cm³/mol. The van der Waals surface area contributed by atoms with Crippen LogP contribution in [0.4, 0.5) is 0 Å². The predicted octanol–water partition coefficient (Wildman–Crippen LogP) is 0.764. The molecule has 0 bridgehead atoms. The smallest absolute Gasteiger partial charge is 0.148 e. The van der Waals surface area contributed by atoms with Crippen molar-refractivity contribution in [1.82, 2.24) is 5.32 Å². The zero-order chi connectivity index (χ0) is 10.2. The molecule has 0 fully saturated rings. The van der Waals surface area contributed by atoms with E-state index >= 15 is 0 Å². The molecule has 0 radical (unpaired) electrons. The van der Waals surface area contributed by atoms with Crippen LogP contribution in [0.1, 0.15) is 13.3 Å². The number of hydrogen-bond donors (Lipinski definition) is 1. The van der Waals surface area contributed by atoms with Crippen molar-refractivity contribution in [3.05, 3.63) is 0 Å². The molecular formula is C8H19NO2S2. The third-order valence-corrected chi connectivity index (χ3v) is 3.43. The number of rotatable bonds is 8. The SMILES string of the molecule is CCSCCCNCCS(C)(=O)=O. The van der Waals surface area contributed by atoms with Gasteiger partial charge in [-0.2, -0.15) is 11.8 Å². The van der Waals surface area contributed by atoms with E-state index in [-0.39, 0.29) is 5.75 Å². The van der Waals surface area contributed by atoms with E-state index < -0.39 is 9.84 Å². The Kier molecular flexibility index (Phi) is 7.80. The molecule has 0 aliphatic heterocycles. The highest BCUT2D eigenvalue weighted by Gasteiger charge is 1.99. The summed E-state index contributed by atoms with van der Waals surface area (Å²) < 4.78 is 21.4. The molecule has 0 aliphatic carbocycles. The van der Waals surface area contributed by atoms with Crippen molar-refractivity contribution in [3.63, 3.8) is 0 Å². The summed E-state index contributed by atoms with van der Waals surface area (Å²) >= 11 is 1.91. The van der Waals surface area contributed by atoms with Crippen molar-refractivity contribution in [1.29, 1.82) is 0 Å². The summed E-state index contributed by atoms with van der Waals surface area (Å²) in [5, 5.41) is 3.11. The van der Waals surface area contributed by atoms with E-state index in [2.05, 4.69) is 12.2 Å². The van der Waals surface area contributed by atoms with Gasteiger partial charge in [-0.05, 0) is 24.5 Å². The maximum atomic E-state index is 10.7. The summed E-state index contributed by atoms with van der Waals surface area (Å²) in [7, 11) is -2.79. The molecule has 0 amide bonds. The van der Waals surface area contributed by atoms with Gasteiger partial charge in [0.25, 0.3) is 0 Å². The second-order valence-electron chi connectivity index (χ2n) is 2.93. The summed E-state index contributed by atoms with van der Waals surface area (Å²) in [5.41, 5.74) is 0. The van der Waals surface area contributed by atoms with Gasteiger partial charge in [-0.25, -0.2) is 8.42 Å². The van der Waals surface area contributed by atoms with Crippen molar-refractivity contribution < 1.29 is 8.42 Å². The van der Waals surface area contributed by atoms with E-state index in [4.69, 9.17) is 0 Å². The fraction of sp³-hybridized carbons (Fsp3) is 1.00. The minimum atomic E-state index is -2.79. The van der Waals surface area contributed by atoms with Crippen LogP contribution in [0.3, 0.4) is 0 Å². The first-order valence-corrected chi connectivity index (χ1v) is 7.74. The minimum Gasteiger partial charge on any atom is -0.316 e. The van der Waals surface area contributed by atoms with Gasteiger partial charge in [0.2, 0.25) is 0 Å². The molecule has 80 valence electrons. The van der Waals surface area contributed by atoms with Crippen LogP contribution < -0.4 is 5.32 Å². The molecule has 0 saturated heterocycles. The Morgan fingerprint density at radius 3 is 2.54 bits per heavy atom. The molecule has 0 aromatic heterocycles. The van der Waals surface area contributed by atoms with Gasteiger partial charge in [0.05, 0.1) is 5.75 Å². The number of hydrogen-bond acceptors (Lipinski definition) is 4. The minimum absolute atomic E-state index is 0.244. The molecule has 0 rings (SSSR count). The monoisotopic (exact) mass is 225 g/mol. The van der Waals surface area contributed by atoms with Crippen molar-refractivity contribution >= 4 is 21.6 Å². The van der Waals surface area contributed by atoms with Crippen LogP contribution in [-0.4, -0.2) is 45.0 Å². The zero-order valence-electron chi connectivity index (χ0n) is 8.38. The van der Waals surface area contributed by atoms with E-state index in [9.17, 15) is 8.42 Å². The lowest BCUT2D eigenvalue weighted by Crippen LogP contribution is -2.23. The molecule has 0 aliphatic rings. The van der Waals surface area contributed by atoms with Gasteiger partial charge in [0, 0.05) is 12.8 Å². The first-order chi connectivity index (χ1) is 6.06. The third kappa shape index (κ3) is 12.3. The van der Waals surface area contributed by atoms with Gasteiger partial charge in [-0.15, -0.1) is 0 Å². The van der Waals surface area contributed by atoms with Gasteiger partial charge >= 0.3 is 0 Å². The van der Waals surface area contributed by atoms with E-state index in [0.29, 0.717) is 6.54 Å². The summed E-state index contributed by atoms with van der Waals surface area (Å²) in [5.74, 6) is 2.56.